The number of benzene rings is 1. The molecule has 1 saturated carbocycles. The summed E-state index contributed by atoms with van der Waals surface area (Å²) in [5, 5.41) is 9.23. The first kappa shape index (κ1) is 13.5. The second-order valence-electron chi connectivity index (χ2n) is 5.50. The molecule has 1 aromatic rings. The van der Waals surface area contributed by atoms with Gasteiger partial charge in [0.25, 0.3) is 0 Å². The molecule has 0 radical (unpaired) electrons. The molecule has 19 heavy (non-hydrogen) atoms. The van der Waals surface area contributed by atoms with Crippen LogP contribution in [0.25, 0.3) is 0 Å². The van der Waals surface area contributed by atoms with E-state index in [4.69, 9.17) is 0 Å². The van der Waals surface area contributed by atoms with Gasteiger partial charge in [-0.3, -0.25) is 4.79 Å². The first-order chi connectivity index (χ1) is 8.97. The van der Waals surface area contributed by atoms with E-state index >= 15 is 0 Å². The Labute approximate surface area is 112 Å². The number of rotatable bonds is 3. The summed E-state index contributed by atoms with van der Waals surface area (Å²) in [6.07, 6.45) is 1.27. The van der Waals surface area contributed by atoms with Crippen molar-refractivity contribution in [3.63, 3.8) is 0 Å². The third kappa shape index (κ3) is 2.60. The van der Waals surface area contributed by atoms with E-state index in [2.05, 4.69) is 6.07 Å². The predicted molar refractivity (Wildman–Crippen MR) is 69.3 cm³/mol. The van der Waals surface area contributed by atoms with Crippen LogP contribution in [-0.2, 0) is 11.3 Å². The van der Waals surface area contributed by atoms with Gasteiger partial charge < -0.3 is 4.90 Å². The quantitative estimate of drug-likeness (QED) is 0.838. The molecule has 0 unspecified atom stereocenters. The summed E-state index contributed by atoms with van der Waals surface area (Å²) < 4.78 is 12.8. The van der Waals surface area contributed by atoms with Crippen LogP contribution < -0.4 is 0 Å². The Morgan fingerprint density at radius 3 is 2.53 bits per heavy atom. The van der Waals surface area contributed by atoms with Crippen LogP contribution in [0, 0.1) is 28.5 Å². The third-order valence-corrected chi connectivity index (χ3v) is 3.70. The normalized spacial score (nSPS) is 25.3. The number of hydrogen-bond donors (Lipinski definition) is 0. The Morgan fingerprint density at radius 2 is 2.05 bits per heavy atom. The molecule has 3 nitrogen and oxygen atoms in total. The third-order valence-electron chi connectivity index (χ3n) is 3.70. The van der Waals surface area contributed by atoms with E-state index in [1.165, 1.54) is 12.1 Å². The lowest BCUT2D eigenvalue weighted by Crippen LogP contribution is -2.48. The fourth-order valence-corrected chi connectivity index (χ4v) is 2.74. The Kier molecular flexibility index (Phi) is 3.57. The molecule has 4 heteroatoms. The maximum Gasteiger partial charge on any atom is 0.243 e. The van der Waals surface area contributed by atoms with Gasteiger partial charge in [-0.1, -0.05) is 19.1 Å². The lowest BCUT2D eigenvalue weighted by atomic mass is 9.63. The minimum atomic E-state index is -0.839. The highest BCUT2D eigenvalue weighted by atomic mass is 19.1. The SMILES string of the molecule is CC1CC(C#N)(C(=O)N(C)Cc2ccc(F)cc2)C1. The zero-order chi connectivity index (χ0) is 14.0. The first-order valence-electron chi connectivity index (χ1n) is 6.38. The zero-order valence-corrected chi connectivity index (χ0v) is 11.2. The van der Waals surface area contributed by atoms with Crippen molar-refractivity contribution in [1.29, 1.82) is 5.26 Å². The maximum absolute atomic E-state index is 12.8. The minimum absolute atomic E-state index is 0.127. The number of amides is 1. The molecule has 1 aliphatic carbocycles. The van der Waals surface area contributed by atoms with E-state index in [0.29, 0.717) is 25.3 Å². The molecule has 0 heterocycles. The summed E-state index contributed by atoms with van der Waals surface area (Å²) in [6.45, 7) is 2.44. The second-order valence-corrected chi connectivity index (χ2v) is 5.50. The minimum Gasteiger partial charge on any atom is -0.340 e. The standard InChI is InChI=1S/C15H17FN2O/c1-11-7-15(8-11,10-17)14(19)18(2)9-12-3-5-13(16)6-4-12/h3-6,11H,7-9H2,1-2H3. The lowest BCUT2D eigenvalue weighted by molar-refractivity contribution is -0.144. The van der Waals surface area contributed by atoms with Gasteiger partial charge in [0.05, 0.1) is 6.07 Å². The molecule has 0 saturated heterocycles. The molecular weight excluding hydrogens is 243 g/mol. The second kappa shape index (κ2) is 5.00. The van der Waals surface area contributed by atoms with Crippen LogP contribution in [0.1, 0.15) is 25.3 Å². The van der Waals surface area contributed by atoms with Crippen molar-refractivity contribution in [1.82, 2.24) is 4.90 Å². The van der Waals surface area contributed by atoms with Crippen molar-refractivity contribution in [3.8, 4) is 6.07 Å². The van der Waals surface area contributed by atoms with E-state index in [1.807, 2.05) is 6.92 Å². The van der Waals surface area contributed by atoms with Crippen molar-refractivity contribution in [3.05, 3.63) is 35.6 Å². The fraction of sp³-hybridized carbons (Fsp3) is 0.467. The smallest absolute Gasteiger partial charge is 0.243 e. The number of nitriles is 1. The fourth-order valence-electron chi connectivity index (χ4n) is 2.74. The molecule has 0 aliphatic heterocycles. The van der Waals surface area contributed by atoms with Crippen LogP contribution in [0.4, 0.5) is 4.39 Å². The van der Waals surface area contributed by atoms with Gasteiger partial charge in [-0.25, -0.2) is 4.39 Å². The number of carbonyl (C=O) groups is 1. The molecule has 0 N–H and O–H groups in total. The summed E-state index contributed by atoms with van der Waals surface area (Å²) in [5.41, 5.74) is 0.0199. The Balaban J connectivity index is 2.04. The molecule has 2 rings (SSSR count). The van der Waals surface area contributed by atoms with E-state index in [9.17, 15) is 14.4 Å². The van der Waals surface area contributed by atoms with Crippen molar-refractivity contribution in [2.45, 2.75) is 26.3 Å². The maximum atomic E-state index is 12.8. The van der Waals surface area contributed by atoms with Gasteiger partial charge in [0.2, 0.25) is 5.91 Å². The average molecular weight is 260 g/mol. The molecule has 1 fully saturated rings. The Bertz CT molecular complexity index is 512. The number of hydrogen-bond acceptors (Lipinski definition) is 2. The van der Waals surface area contributed by atoms with Crippen LogP contribution in [-0.4, -0.2) is 17.9 Å². The summed E-state index contributed by atoms with van der Waals surface area (Å²) >= 11 is 0. The van der Waals surface area contributed by atoms with Crippen LogP contribution in [0.15, 0.2) is 24.3 Å². The largest absolute Gasteiger partial charge is 0.340 e. The monoisotopic (exact) mass is 260 g/mol. The summed E-state index contributed by atoms with van der Waals surface area (Å²) in [7, 11) is 1.69. The number of halogens is 1. The van der Waals surface area contributed by atoms with E-state index in [1.54, 1.807) is 24.1 Å². The van der Waals surface area contributed by atoms with Crippen molar-refractivity contribution < 1.29 is 9.18 Å². The van der Waals surface area contributed by atoms with E-state index in [0.717, 1.165) is 5.56 Å². The molecule has 0 spiro atoms. The van der Waals surface area contributed by atoms with Gasteiger partial charge in [0.1, 0.15) is 11.2 Å². The van der Waals surface area contributed by atoms with Gasteiger partial charge in [0, 0.05) is 13.6 Å². The highest BCUT2D eigenvalue weighted by molar-refractivity contribution is 5.86. The van der Waals surface area contributed by atoms with Crippen molar-refractivity contribution in [2.75, 3.05) is 7.05 Å². The number of nitrogens with zero attached hydrogens (tertiary/aromatic N) is 2. The van der Waals surface area contributed by atoms with Crippen LogP contribution in [0.2, 0.25) is 0 Å². The van der Waals surface area contributed by atoms with Crippen LogP contribution in [0.3, 0.4) is 0 Å². The molecule has 0 aromatic heterocycles. The van der Waals surface area contributed by atoms with Crippen LogP contribution in [0.5, 0.6) is 0 Å². The molecular formula is C15H17FN2O. The Morgan fingerprint density at radius 1 is 1.47 bits per heavy atom. The number of carbonyl (C=O) groups excluding carboxylic acids is 1. The highest BCUT2D eigenvalue weighted by Crippen LogP contribution is 2.46. The molecule has 1 aliphatic rings. The topological polar surface area (TPSA) is 44.1 Å². The summed E-state index contributed by atoms with van der Waals surface area (Å²) in [5.74, 6) is 0.0132. The first-order valence-corrected chi connectivity index (χ1v) is 6.38. The van der Waals surface area contributed by atoms with Gasteiger partial charge in [-0.05, 0) is 36.5 Å². The summed E-state index contributed by atoms with van der Waals surface area (Å²) in [4.78, 5) is 13.9. The van der Waals surface area contributed by atoms with Gasteiger partial charge in [0.15, 0.2) is 0 Å². The summed E-state index contributed by atoms with van der Waals surface area (Å²) in [6, 6.07) is 8.23. The molecule has 0 bridgehead atoms. The van der Waals surface area contributed by atoms with Gasteiger partial charge in [-0.15, -0.1) is 0 Å². The van der Waals surface area contributed by atoms with Gasteiger partial charge in [-0.2, -0.15) is 5.26 Å². The van der Waals surface area contributed by atoms with E-state index in [-0.39, 0.29) is 11.7 Å². The van der Waals surface area contributed by atoms with Crippen LogP contribution >= 0.6 is 0 Å². The molecule has 0 atom stereocenters. The highest BCUT2D eigenvalue weighted by Gasteiger charge is 2.50. The van der Waals surface area contributed by atoms with Crippen molar-refractivity contribution in [2.24, 2.45) is 11.3 Å². The Hall–Kier alpha value is -1.89. The lowest BCUT2D eigenvalue weighted by Gasteiger charge is -2.41. The van der Waals surface area contributed by atoms with E-state index < -0.39 is 5.41 Å². The van der Waals surface area contributed by atoms with Gasteiger partial charge >= 0.3 is 0 Å². The average Bonchev–Trinajstić information content (AvgIpc) is 2.36. The molecule has 1 amide bonds. The molecule has 100 valence electrons. The predicted octanol–water partition coefficient (Wildman–Crippen LogP) is 2.72. The van der Waals surface area contributed by atoms with Crippen molar-refractivity contribution >= 4 is 5.91 Å². The molecule has 1 aromatic carbocycles. The zero-order valence-electron chi connectivity index (χ0n) is 11.2.